The van der Waals surface area contributed by atoms with Crippen LogP contribution in [0.25, 0.3) is 0 Å². The fourth-order valence-electron chi connectivity index (χ4n) is 2.69. The zero-order valence-corrected chi connectivity index (χ0v) is 6.93. The van der Waals surface area contributed by atoms with Crippen molar-refractivity contribution in [3.8, 4) is 0 Å². The summed E-state index contributed by atoms with van der Waals surface area (Å²) in [5.41, 5.74) is 0. The summed E-state index contributed by atoms with van der Waals surface area (Å²) in [7, 11) is 0. The van der Waals surface area contributed by atoms with Gasteiger partial charge >= 0.3 is 0 Å². The Labute approximate surface area is 63.2 Å². The highest BCUT2D eigenvalue weighted by Gasteiger charge is 2.40. The van der Waals surface area contributed by atoms with Crippen LogP contribution >= 0.6 is 0 Å². The minimum absolute atomic E-state index is 0.886. The number of piperidine rings is 1. The molecular weight excluding hydrogens is 122 g/mol. The van der Waals surface area contributed by atoms with E-state index in [9.17, 15) is 0 Å². The third-order valence-corrected chi connectivity index (χ3v) is 3.27. The zero-order valence-electron chi connectivity index (χ0n) is 6.93. The van der Waals surface area contributed by atoms with Crippen molar-refractivity contribution in [2.24, 2.45) is 17.8 Å². The Hall–Kier alpha value is -0.0400. The van der Waals surface area contributed by atoms with Gasteiger partial charge in [-0.05, 0) is 37.1 Å². The van der Waals surface area contributed by atoms with Gasteiger partial charge in [0, 0.05) is 6.04 Å². The molecular formula is C9H17N. The van der Waals surface area contributed by atoms with E-state index in [1.807, 2.05) is 0 Å². The molecule has 0 aromatic carbocycles. The molecule has 0 aromatic rings. The lowest BCUT2D eigenvalue weighted by molar-refractivity contribution is 0.269. The van der Waals surface area contributed by atoms with Crippen molar-refractivity contribution in [1.82, 2.24) is 5.32 Å². The summed E-state index contributed by atoms with van der Waals surface area (Å²) in [6, 6.07) is 0.886. The number of fused-ring (bicyclic) bond motifs is 2. The Morgan fingerprint density at radius 2 is 2.10 bits per heavy atom. The lowest BCUT2D eigenvalue weighted by Gasteiger charge is -2.25. The average molecular weight is 139 g/mol. The highest BCUT2D eigenvalue weighted by atomic mass is 15.0. The van der Waals surface area contributed by atoms with Gasteiger partial charge in [-0.1, -0.05) is 13.8 Å². The molecule has 58 valence electrons. The first-order valence-corrected chi connectivity index (χ1v) is 4.50. The normalized spacial score (nSPS) is 45.3. The van der Waals surface area contributed by atoms with Crippen LogP contribution in [0.1, 0.15) is 26.7 Å². The van der Waals surface area contributed by atoms with Crippen molar-refractivity contribution in [3.05, 3.63) is 0 Å². The Morgan fingerprint density at radius 3 is 2.40 bits per heavy atom. The highest BCUT2D eigenvalue weighted by Crippen LogP contribution is 2.40. The summed E-state index contributed by atoms with van der Waals surface area (Å²) in [6.07, 6.45) is 2.91. The van der Waals surface area contributed by atoms with E-state index in [-0.39, 0.29) is 0 Å². The van der Waals surface area contributed by atoms with Crippen molar-refractivity contribution in [2.45, 2.75) is 32.7 Å². The summed E-state index contributed by atoms with van der Waals surface area (Å²) in [5, 5.41) is 3.54. The fourth-order valence-corrected chi connectivity index (χ4v) is 2.69. The molecule has 2 fully saturated rings. The van der Waals surface area contributed by atoms with E-state index < -0.39 is 0 Å². The molecule has 2 rings (SSSR count). The van der Waals surface area contributed by atoms with E-state index in [1.54, 1.807) is 0 Å². The van der Waals surface area contributed by atoms with Gasteiger partial charge in [0.1, 0.15) is 0 Å². The smallest absolute Gasteiger partial charge is 0.00732 e. The van der Waals surface area contributed by atoms with Gasteiger partial charge in [0.15, 0.2) is 0 Å². The quantitative estimate of drug-likeness (QED) is 0.582. The molecule has 2 aliphatic rings. The van der Waals surface area contributed by atoms with Crippen LogP contribution in [-0.2, 0) is 0 Å². The molecule has 0 radical (unpaired) electrons. The van der Waals surface area contributed by atoms with E-state index >= 15 is 0 Å². The van der Waals surface area contributed by atoms with Gasteiger partial charge in [0.25, 0.3) is 0 Å². The van der Waals surface area contributed by atoms with Crippen molar-refractivity contribution < 1.29 is 0 Å². The first kappa shape index (κ1) is 6.66. The molecule has 1 saturated carbocycles. The van der Waals surface area contributed by atoms with Crippen molar-refractivity contribution >= 4 is 0 Å². The lowest BCUT2D eigenvalue weighted by atomic mass is 9.85. The van der Waals surface area contributed by atoms with E-state index in [4.69, 9.17) is 0 Å². The van der Waals surface area contributed by atoms with Gasteiger partial charge in [0.2, 0.25) is 0 Å². The van der Waals surface area contributed by atoms with E-state index in [0.29, 0.717) is 0 Å². The van der Waals surface area contributed by atoms with Crippen molar-refractivity contribution in [1.29, 1.82) is 0 Å². The topological polar surface area (TPSA) is 12.0 Å². The second kappa shape index (κ2) is 2.23. The van der Waals surface area contributed by atoms with Gasteiger partial charge in [-0.3, -0.25) is 0 Å². The minimum Gasteiger partial charge on any atom is -0.314 e. The van der Waals surface area contributed by atoms with Crippen LogP contribution in [0.2, 0.25) is 0 Å². The molecule has 2 bridgehead atoms. The van der Waals surface area contributed by atoms with Crippen LogP contribution in [0.4, 0.5) is 0 Å². The molecule has 0 amide bonds. The Balaban J connectivity index is 2.02. The van der Waals surface area contributed by atoms with Crippen LogP contribution in [-0.4, -0.2) is 12.6 Å². The second-order valence-electron chi connectivity index (χ2n) is 4.24. The van der Waals surface area contributed by atoms with E-state index in [0.717, 1.165) is 23.8 Å². The lowest BCUT2D eigenvalue weighted by Crippen LogP contribution is -2.31. The maximum atomic E-state index is 3.54. The van der Waals surface area contributed by atoms with Gasteiger partial charge in [-0.2, -0.15) is 0 Å². The van der Waals surface area contributed by atoms with Crippen LogP contribution in [0.3, 0.4) is 0 Å². The average Bonchev–Trinajstić information content (AvgIpc) is 2.44. The van der Waals surface area contributed by atoms with Crippen LogP contribution in [0, 0.1) is 17.8 Å². The van der Waals surface area contributed by atoms with Crippen LogP contribution in [0.15, 0.2) is 0 Å². The number of hydrogen-bond acceptors (Lipinski definition) is 1. The Kier molecular flexibility index (Phi) is 1.48. The molecule has 1 nitrogen and oxygen atoms in total. The molecule has 3 unspecified atom stereocenters. The predicted molar refractivity (Wildman–Crippen MR) is 42.8 cm³/mol. The number of nitrogens with one attached hydrogen (secondary N) is 1. The molecule has 1 aliphatic carbocycles. The molecule has 0 aromatic heterocycles. The van der Waals surface area contributed by atoms with E-state index in [2.05, 4.69) is 19.2 Å². The Morgan fingerprint density at radius 1 is 1.30 bits per heavy atom. The summed E-state index contributed by atoms with van der Waals surface area (Å²) < 4.78 is 0. The highest BCUT2D eigenvalue weighted by molar-refractivity contribution is 4.95. The zero-order chi connectivity index (χ0) is 7.14. The molecule has 1 heterocycles. The molecule has 1 heteroatoms. The molecule has 3 atom stereocenters. The number of rotatable bonds is 1. The first-order valence-electron chi connectivity index (χ1n) is 4.50. The third kappa shape index (κ3) is 0.878. The second-order valence-corrected chi connectivity index (χ2v) is 4.24. The Bertz CT molecular complexity index is 131. The fraction of sp³-hybridized carbons (Fsp3) is 1.00. The maximum absolute atomic E-state index is 3.54. The summed E-state index contributed by atoms with van der Waals surface area (Å²) in [4.78, 5) is 0. The molecule has 1 aliphatic heterocycles. The molecule has 10 heavy (non-hydrogen) atoms. The minimum atomic E-state index is 0.886. The predicted octanol–water partition coefficient (Wildman–Crippen LogP) is 1.64. The van der Waals surface area contributed by atoms with Gasteiger partial charge in [-0.15, -0.1) is 0 Å². The first-order chi connectivity index (χ1) is 4.77. The standard InChI is InChI=1S/C9H17N/c1-6(2)9-4-8-3-7(9)5-10-8/h6-10H,3-5H2,1-2H3. The maximum Gasteiger partial charge on any atom is 0.00732 e. The van der Waals surface area contributed by atoms with Crippen LogP contribution < -0.4 is 5.32 Å². The third-order valence-electron chi connectivity index (χ3n) is 3.27. The van der Waals surface area contributed by atoms with Gasteiger partial charge < -0.3 is 5.32 Å². The van der Waals surface area contributed by atoms with Gasteiger partial charge in [0.05, 0.1) is 0 Å². The monoisotopic (exact) mass is 139 g/mol. The van der Waals surface area contributed by atoms with Gasteiger partial charge in [-0.25, -0.2) is 0 Å². The SMILES string of the molecule is CC(C)C1CC2CC1CN2. The molecule has 0 spiro atoms. The molecule has 1 N–H and O–H groups in total. The largest absolute Gasteiger partial charge is 0.314 e. The van der Waals surface area contributed by atoms with Crippen molar-refractivity contribution in [2.75, 3.05) is 6.54 Å². The van der Waals surface area contributed by atoms with Crippen molar-refractivity contribution in [3.63, 3.8) is 0 Å². The summed E-state index contributed by atoms with van der Waals surface area (Å²) in [6.45, 7) is 6.03. The van der Waals surface area contributed by atoms with Crippen LogP contribution in [0.5, 0.6) is 0 Å². The summed E-state index contributed by atoms with van der Waals surface area (Å²) >= 11 is 0. The number of hydrogen-bond donors (Lipinski definition) is 1. The molecule has 1 saturated heterocycles. The summed E-state index contributed by atoms with van der Waals surface area (Å²) in [5.74, 6) is 2.97. The van der Waals surface area contributed by atoms with E-state index in [1.165, 1.54) is 19.4 Å².